The van der Waals surface area contributed by atoms with Gasteiger partial charge in [0.2, 0.25) is 0 Å². The maximum Gasteiger partial charge on any atom is 0.302 e. The van der Waals surface area contributed by atoms with Crippen LogP contribution in [0, 0.1) is 0 Å². The second kappa shape index (κ2) is 6.19. The van der Waals surface area contributed by atoms with Gasteiger partial charge in [-0.3, -0.25) is 4.79 Å². The summed E-state index contributed by atoms with van der Waals surface area (Å²) in [7, 11) is 0. The van der Waals surface area contributed by atoms with Crippen LogP contribution in [0.25, 0.3) is 0 Å². The lowest BCUT2D eigenvalue weighted by Gasteiger charge is -2.04. The van der Waals surface area contributed by atoms with E-state index >= 15 is 0 Å². The highest BCUT2D eigenvalue weighted by molar-refractivity contribution is 5.65. The maximum absolute atomic E-state index is 10.5. The molecule has 0 radical (unpaired) electrons. The van der Waals surface area contributed by atoms with Gasteiger partial charge in [0.25, 0.3) is 0 Å². The summed E-state index contributed by atoms with van der Waals surface area (Å²) in [6.45, 7) is 1.98. The molecule has 1 N–H and O–H groups in total. The summed E-state index contributed by atoms with van der Waals surface area (Å²) in [5.74, 6) is -0.249. The summed E-state index contributed by atoms with van der Waals surface area (Å²) in [6.07, 6.45) is 1.39. The molecule has 0 saturated carbocycles. The Kier molecular flexibility index (Phi) is 4.84. The zero-order valence-electron chi connectivity index (χ0n) is 8.90. The van der Waals surface area contributed by atoms with Crippen LogP contribution >= 0.6 is 0 Å². The zero-order chi connectivity index (χ0) is 11.1. The number of rotatable bonds is 5. The van der Waals surface area contributed by atoms with E-state index in [0.717, 1.165) is 17.5 Å². The first kappa shape index (κ1) is 11.7. The molecular formula is C12H16O3. The zero-order valence-corrected chi connectivity index (χ0v) is 8.90. The monoisotopic (exact) mass is 208 g/mol. The van der Waals surface area contributed by atoms with Gasteiger partial charge < -0.3 is 9.84 Å². The van der Waals surface area contributed by atoms with Gasteiger partial charge in [-0.05, 0) is 17.5 Å². The fourth-order valence-electron chi connectivity index (χ4n) is 1.38. The van der Waals surface area contributed by atoms with Crippen molar-refractivity contribution in [2.45, 2.75) is 19.8 Å². The maximum atomic E-state index is 10.5. The molecule has 1 aromatic carbocycles. The molecule has 0 aromatic heterocycles. The molecule has 0 aliphatic carbocycles. The van der Waals surface area contributed by atoms with Crippen LogP contribution in [-0.2, 0) is 22.4 Å². The van der Waals surface area contributed by atoms with E-state index < -0.39 is 0 Å². The van der Waals surface area contributed by atoms with E-state index in [9.17, 15) is 4.79 Å². The van der Waals surface area contributed by atoms with E-state index in [1.165, 1.54) is 6.92 Å². The average Bonchev–Trinajstić information content (AvgIpc) is 2.18. The second-order valence-electron chi connectivity index (χ2n) is 3.38. The van der Waals surface area contributed by atoms with E-state index in [4.69, 9.17) is 9.84 Å². The van der Waals surface area contributed by atoms with E-state index in [0.29, 0.717) is 13.0 Å². The number of carbonyl (C=O) groups excluding carboxylic acids is 1. The number of benzene rings is 1. The van der Waals surface area contributed by atoms with Crippen LogP contribution in [0.5, 0.6) is 0 Å². The van der Waals surface area contributed by atoms with E-state index in [1.807, 2.05) is 24.3 Å². The van der Waals surface area contributed by atoms with Gasteiger partial charge in [-0.15, -0.1) is 0 Å². The summed E-state index contributed by atoms with van der Waals surface area (Å²) in [5, 5.41) is 8.79. The van der Waals surface area contributed by atoms with Crippen LogP contribution in [0.2, 0.25) is 0 Å². The molecule has 0 spiro atoms. The molecule has 3 heteroatoms. The topological polar surface area (TPSA) is 46.5 Å². The number of esters is 1. The summed E-state index contributed by atoms with van der Waals surface area (Å²) in [6, 6.07) is 7.95. The van der Waals surface area contributed by atoms with Crippen molar-refractivity contribution in [1.29, 1.82) is 0 Å². The molecule has 82 valence electrons. The molecule has 0 heterocycles. The number of ether oxygens (including phenoxy) is 1. The van der Waals surface area contributed by atoms with E-state index in [-0.39, 0.29) is 12.6 Å². The van der Waals surface area contributed by atoms with E-state index in [2.05, 4.69) is 0 Å². The molecule has 1 rings (SSSR count). The van der Waals surface area contributed by atoms with Crippen molar-refractivity contribution in [3.05, 3.63) is 35.4 Å². The van der Waals surface area contributed by atoms with Crippen LogP contribution in [0.1, 0.15) is 18.1 Å². The van der Waals surface area contributed by atoms with Gasteiger partial charge in [0.15, 0.2) is 0 Å². The van der Waals surface area contributed by atoms with Crippen molar-refractivity contribution in [2.75, 3.05) is 13.2 Å². The highest BCUT2D eigenvalue weighted by Crippen LogP contribution is 2.06. The van der Waals surface area contributed by atoms with Crippen molar-refractivity contribution in [2.24, 2.45) is 0 Å². The number of aliphatic hydroxyl groups is 1. The first-order valence-corrected chi connectivity index (χ1v) is 5.04. The second-order valence-corrected chi connectivity index (χ2v) is 3.38. The molecule has 0 atom stereocenters. The number of hydrogen-bond donors (Lipinski definition) is 1. The predicted octanol–water partition coefficient (Wildman–Crippen LogP) is 1.33. The van der Waals surface area contributed by atoms with Gasteiger partial charge in [0.1, 0.15) is 0 Å². The summed E-state index contributed by atoms with van der Waals surface area (Å²) in [5.41, 5.74) is 2.24. The minimum Gasteiger partial charge on any atom is -0.466 e. The first-order valence-electron chi connectivity index (χ1n) is 5.04. The largest absolute Gasteiger partial charge is 0.466 e. The lowest BCUT2D eigenvalue weighted by molar-refractivity contribution is -0.140. The summed E-state index contributed by atoms with van der Waals surface area (Å²) >= 11 is 0. The van der Waals surface area contributed by atoms with Crippen LogP contribution in [0.4, 0.5) is 0 Å². The lowest BCUT2D eigenvalue weighted by atomic mass is 10.1. The molecule has 1 aromatic rings. The lowest BCUT2D eigenvalue weighted by Crippen LogP contribution is -2.03. The Balaban J connectivity index is 2.46. The van der Waals surface area contributed by atoms with Gasteiger partial charge >= 0.3 is 5.97 Å². The average molecular weight is 208 g/mol. The van der Waals surface area contributed by atoms with Crippen molar-refractivity contribution >= 4 is 5.97 Å². The Bertz CT molecular complexity index is 320. The van der Waals surface area contributed by atoms with Crippen molar-refractivity contribution in [1.82, 2.24) is 0 Å². The highest BCUT2D eigenvalue weighted by atomic mass is 16.5. The SMILES string of the molecule is CC(=O)OCCc1cccc(CCO)c1. The molecule has 0 saturated heterocycles. The molecule has 15 heavy (non-hydrogen) atoms. The van der Waals surface area contributed by atoms with Crippen molar-refractivity contribution < 1.29 is 14.6 Å². The normalized spacial score (nSPS) is 10.0. The third kappa shape index (κ3) is 4.61. The van der Waals surface area contributed by atoms with Gasteiger partial charge in [-0.1, -0.05) is 24.3 Å². The Morgan fingerprint density at radius 2 is 2.00 bits per heavy atom. The molecule has 0 bridgehead atoms. The van der Waals surface area contributed by atoms with Crippen molar-refractivity contribution in [3.8, 4) is 0 Å². The molecule has 0 aliphatic heterocycles. The number of hydrogen-bond acceptors (Lipinski definition) is 3. The molecule has 0 fully saturated rings. The fraction of sp³-hybridized carbons (Fsp3) is 0.417. The minimum atomic E-state index is -0.249. The molecular weight excluding hydrogens is 192 g/mol. The fourth-order valence-corrected chi connectivity index (χ4v) is 1.38. The molecule has 0 unspecified atom stereocenters. The van der Waals surface area contributed by atoms with Gasteiger partial charge in [0.05, 0.1) is 6.61 Å². The summed E-state index contributed by atoms with van der Waals surface area (Å²) < 4.78 is 4.86. The standard InChI is InChI=1S/C12H16O3/c1-10(14)15-8-6-12-4-2-3-11(9-12)5-7-13/h2-4,9,13H,5-8H2,1H3. The minimum absolute atomic E-state index is 0.160. The first-order chi connectivity index (χ1) is 7.22. The Labute approximate surface area is 89.7 Å². The van der Waals surface area contributed by atoms with Gasteiger partial charge in [0, 0.05) is 20.0 Å². The predicted molar refractivity (Wildman–Crippen MR) is 57.6 cm³/mol. The highest BCUT2D eigenvalue weighted by Gasteiger charge is 1.97. The van der Waals surface area contributed by atoms with Crippen molar-refractivity contribution in [3.63, 3.8) is 0 Å². The summed E-state index contributed by atoms with van der Waals surface area (Å²) in [4.78, 5) is 10.5. The van der Waals surface area contributed by atoms with Crippen LogP contribution in [-0.4, -0.2) is 24.3 Å². The van der Waals surface area contributed by atoms with E-state index in [1.54, 1.807) is 0 Å². The quantitative estimate of drug-likeness (QED) is 0.742. The van der Waals surface area contributed by atoms with Gasteiger partial charge in [-0.25, -0.2) is 0 Å². The Hall–Kier alpha value is -1.35. The molecule has 0 aliphatic rings. The van der Waals surface area contributed by atoms with Crippen LogP contribution < -0.4 is 0 Å². The van der Waals surface area contributed by atoms with Crippen LogP contribution in [0.3, 0.4) is 0 Å². The number of carbonyl (C=O) groups is 1. The Morgan fingerprint density at radius 1 is 1.33 bits per heavy atom. The Morgan fingerprint density at radius 3 is 2.60 bits per heavy atom. The smallest absolute Gasteiger partial charge is 0.302 e. The van der Waals surface area contributed by atoms with Crippen LogP contribution in [0.15, 0.2) is 24.3 Å². The van der Waals surface area contributed by atoms with Gasteiger partial charge in [-0.2, -0.15) is 0 Å². The number of aliphatic hydroxyl groups excluding tert-OH is 1. The molecule has 3 nitrogen and oxygen atoms in total. The third-order valence-electron chi connectivity index (χ3n) is 2.09. The third-order valence-corrected chi connectivity index (χ3v) is 2.09. The molecule has 0 amide bonds.